The largest absolute Gasteiger partial charge is 0.508 e. The second kappa shape index (κ2) is 6.61. The first kappa shape index (κ1) is 13.9. The molecule has 2 aromatic carbocycles. The van der Waals surface area contributed by atoms with Gasteiger partial charge in [-0.25, -0.2) is 0 Å². The van der Waals surface area contributed by atoms with Crippen molar-refractivity contribution in [2.45, 2.75) is 13.3 Å². The van der Waals surface area contributed by atoms with E-state index in [1.807, 2.05) is 25.1 Å². The zero-order valence-electron chi connectivity index (χ0n) is 11.3. The molecule has 0 saturated carbocycles. The molecule has 0 bridgehead atoms. The standard InChI is InChI=1S/C16H17NO3/c1-2-20-15-9-4-3-8-14(15)17-16(19)11-12-6-5-7-13(18)10-12/h3-10,18H,2,11H2,1H3,(H,17,19). The van der Waals surface area contributed by atoms with E-state index < -0.39 is 0 Å². The van der Waals surface area contributed by atoms with Crippen molar-refractivity contribution in [3.05, 3.63) is 54.1 Å². The van der Waals surface area contributed by atoms with Crippen LogP contribution in [0, 0.1) is 0 Å². The molecule has 0 radical (unpaired) electrons. The van der Waals surface area contributed by atoms with Crippen LogP contribution in [0.15, 0.2) is 48.5 Å². The van der Waals surface area contributed by atoms with Crippen LogP contribution >= 0.6 is 0 Å². The summed E-state index contributed by atoms with van der Waals surface area (Å²) in [6, 6.07) is 14.0. The van der Waals surface area contributed by atoms with E-state index in [1.54, 1.807) is 30.3 Å². The van der Waals surface area contributed by atoms with Crippen LogP contribution < -0.4 is 10.1 Å². The van der Waals surface area contributed by atoms with Crippen LogP contribution in [0.4, 0.5) is 5.69 Å². The van der Waals surface area contributed by atoms with Crippen molar-refractivity contribution in [2.75, 3.05) is 11.9 Å². The number of rotatable bonds is 5. The number of carbonyl (C=O) groups is 1. The van der Waals surface area contributed by atoms with Crippen LogP contribution in [0.25, 0.3) is 0 Å². The van der Waals surface area contributed by atoms with E-state index in [1.165, 1.54) is 0 Å². The molecule has 4 heteroatoms. The van der Waals surface area contributed by atoms with Crippen molar-refractivity contribution in [2.24, 2.45) is 0 Å². The Bertz CT molecular complexity index is 596. The maximum atomic E-state index is 12.0. The highest BCUT2D eigenvalue weighted by atomic mass is 16.5. The highest BCUT2D eigenvalue weighted by Gasteiger charge is 2.08. The molecule has 2 aromatic rings. The van der Waals surface area contributed by atoms with Crippen molar-refractivity contribution in [1.82, 2.24) is 0 Å². The lowest BCUT2D eigenvalue weighted by Gasteiger charge is -2.11. The van der Waals surface area contributed by atoms with Crippen LogP contribution in [-0.2, 0) is 11.2 Å². The van der Waals surface area contributed by atoms with E-state index >= 15 is 0 Å². The van der Waals surface area contributed by atoms with Gasteiger partial charge < -0.3 is 15.2 Å². The molecule has 0 heterocycles. The Morgan fingerprint density at radius 3 is 2.75 bits per heavy atom. The lowest BCUT2D eigenvalue weighted by molar-refractivity contribution is -0.115. The van der Waals surface area contributed by atoms with Crippen LogP contribution in [0.3, 0.4) is 0 Å². The zero-order chi connectivity index (χ0) is 14.4. The fourth-order valence-corrected chi connectivity index (χ4v) is 1.90. The highest BCUT2D eigenvalue weighted by Crippen LogP contribution is 2.24. The molecule has 0 aliphatic carbocycles. The molecular formula is C16H17NO3. The Morgan fingerprint density at radius 2 is 2.00 bits per heavy atom. The van der Waals surface area contributed by atoms with Gasteiger partial charge in [0.15, 0.2) is 0 Å². The third-order valence-corrected chi connectivity index (χ3v) is 2.74. The van der Waals surface area contributed by atoms with E-state index in [9.17, 15) is 9.90 Å². The van der Waals surface area contributed by atoms with Crippen LogP contribution in [0.1, 0.15) is 12.5 Å². The number of amides is 1. The summed E-state index contributed by atoms with van der Waals surface area (Å²) in [7, 11) is 0. The fourth-order valence-electron chi connectivity index (χ4n) is 1.90. The van der Waals surface area contributed by atoms with E-state index in [4.69, 9.17) is 4.74 Å². The summed E-state index contributed by atoms with van der Waals surface area (Å²) in [5.74, 6) is 0.659. The van der Waals surface area contributed by atoms with Gasteiger partial charge in [0.05, 0.1) is 18.7 Å². The summed E-state index contributed by atoms with van der Waals surface area (Å²) in [5, 5.41) is 12.2. The van der Waals surface area contributed by atoms with Gasteiger partial charge >= 0.3 is 0 Å². The van der Waals surface area contributed by atoms with Gasteiger partial charge in [-0.05, 0) is 36.8 Å². The molecule has 0 aromatic heterocycles. The Balaban J connectivity index is 2.05. The van der Waals surface area contributed by atoms with E-state index in [2.05, 4.69) is 5.32 Å². The van der Waals surface area contributed by atoms with Gasteiger partial charge in [0.2, 0.25) is 5.91 Å². The minimum absolute atomic E-state index is 0.150. The number of aromatic hydroxyl groups is 1. The predicted molar refractivity (Wildman–Crippen MR) is 78.1 cm³/mol. The van der Waals surface area contributed by atoms with Gasteiger partial charge in [0.1, 0.15) is 11.5 Å². The Labute approximate surface area is 118 Å². The summed E-state index contributed by atoms with van der Waals surface area (Å²) in [6.07, 6.45) is 0.203. The van der Waals surface area contributed by atoms with Crippen molar-refractivity contribution in [3.8, 4) is 11.5 Å². The van der Waals surface area contributed by atoms with Crippen molar-refractivity contribution >= 4 is 11.6 Å². The fraction of sp³-hybridized carbons (Fsp3) is 0.188. The molecule has 20 heavy (non-hydrogen) atoms. The minimum Gasteiger partial charge on any atom is -0.508 e. The van der Waals surface area contributed by atoms with Crippen LogP contribution in [-0.4, -0.2) is 17.6 Å². The first-order valence-electron chi connectivity index (χ1n) is 6.48. The third kappa shape index (κ3) is 3.75. The van der Waals surface area contributed by atoms with Gasteiger partial charge in [0.25, 0.3) is 0 Å². The van der Waals surface area contributed by atoms with Gasteiger partial charge in [-0.1, -0.05) is 24.3 Å². The average Bonchev–Trinajstić information content (AvgIpc) is 2.41. The lowest BCUT2D eigenvalue weighted by atomic mass is 10.1. The highest BCUT2D eigenvalue weighted by molar-refractivity contribution is 5.93. The molecule has 2 rings (SSSR count). The maximum absolute atomic E-state index is 12.0. The average molecular weight is 271 g/mol. The van der Waals surface area contributed by atoms with Gasteiger partial charge in [-0.15, -0.1) is 0 Å². The lowest BCUT2D eigenvalue weighted by Crippen LogP contribution is -2.15. The van der Waals surface area contributed by atoms with Crippen molar-refractivity contribution < 1.29 is 14.6 Å². The molecular weight excluding hydrogens is 254 g/mol. The predicted octanol–water partition coefficient (Wildman–Crippen LogP) is 2.97. The molecule has 0 spiro atoms. The van der Waals surface area contributed by atoms with Crippen molar-refractivity contribution in [1.29, 1.82) is 0 Å². The number of ether oxygens (including phenoxy) is 1. The van der Waals surface area contributed by atoms with E-state index in [-0.39, 0.29) is 18.1 Å². The second-order valence-electron chi connectivity index (χ2n) is 4.32. The van der Waals surface area contributed by atoms with Crippen LogP contribution in [0.2, 0.25) is 0 Å². The summed E-state index contributed by atoms with van der Waals surface area (Å²) in [4.78, 5) is 12.0. The molecule has 104 valence electrons. The van der Waals surface area contributed by atoms with Gasteiger partial charge in [-0.2, -0.15) is 0 Å². The summed E-state index contributed by atoms with van der Waals surface area (Å²) < 4.78 is 5.45. The monoisotopic (exact) mass is 271 g/mol. The topological polar surface area (TPSA) is 58.6 Å². The molecule has 0 aliphatic heterocycles. The first-order chi connectivity index (χ1) is 9.69. The normalized spacial score (nSPS) is 10.1. The number of hydrogen-bond acceptors (Lipinski definition) is 3. The zero-order valence-corrected chi connectivity index (χ0v) is 11.3. The van der Waals surface area contributed by atoms with Gasteiger partial charge in [0, 0.05) is 0 Å². The molecule has 2 N–H and O–H groups in total. The number of hydrogen-bond donors (Lipinski definition) is 2. The number of nitrogens with one attached hydrogen (secondary N) is 1. The molecule has 0 aliphatic rings. The number of phenolic OH excluding ortho intramolecular Hbond substituents is 1. The molecule has 0 unspecified atom stereocenters. The summed E-state index contributed by atoms with van der Waals surface area (Å²) >= 11 is 0. The van der Waals surface area contributed by atoms with E-state index in [0.717, 1.165) is 5.56 Å². The number of phenols is 1. The minimum atomic E-state index is -0.150. The number of para-hydroxylation sites is 2. The Kier molecular flexibility index (Phi) is 4.60. The molecule has 0 atom stereocenters. The van der Waals surface area contributed by atoms with Crippen LogP contribution in [0.5, 0.6) is 11.5 Å². The number of carbonyl (C=O) groups excluding carboxylic acids is 1. The summed E-state index contributed by atoms with van der Waals surface area (Å²) in [5.41, 5.74) is 1.41. The smallest absolute Gasteiger partial charge is 0.228 e. The Hall–Kier alpha value is -2.49. The number of anilines is 1. The third-order valence-electron chi connectivity index (χ3n) is 2.74. The second-order valence-corrected chi connectivity index (χ2v) is 4.32. The van der Waals surface area contributed by atoms with Gasteiger partial charge in [-0.3, -0.25) is 4.79 Å². The maximum Gasteiger partial charge on any atom is 0.228 e. The first-order valence-corrected chi connectivity index (χ1v) is 6.48. The quantitative estimate of drug-likeness (QED) is 0.879. The SMILES string of the molecule is CCOc1ccccc1NC(=O)Cc1cccc(O)c1. The molecule has 4 nitrogen and oxygen atoms in total. The number of benzene rings is 2. The Morgan fingerprint density at radius 1 is 1.20 bits per heavy atom. The van der Waals surface area contributed by atoms with E-state index in [0.29, 0.717) is 18.0 Å². The molecule has 0 saturated heterocycles. The summed E-state index contributed by atoms with van der Waals surface area (Å²) in [6.45, 7) is 2.44. The van der Waals surface area contributed by atoms with Crippen molar-refractivity contribution in [3.63, 3.8) is 0 Å². The molecule has 0 fully saturated rings. The molecule has 1 amide bonds.